The Bertz CT molecular complexity index is 1230. The molecule has 1 saturated heterocycles. The third-order valence-corrected chi connectivity index (χ3v) is 5.44. The van der Waals surface area contributed by atoms with Crippen LogP contribution in [0.25, 0.3) is 17.4 Å². The highest BCUT2D eigenvalue weighted by Gasteiger charge is 2.36. The van der Waals surface area contributed by atoms with Gasteiger partial charge in [-0.25, -0.2) is 0 Å². The standard InChI is InChI=1S/C22H14N2O6S/c25-18(14-6-2-1-3-7-14)13-23-21(26)20(31-22(23)27)12-15-10-11-19(30-15)16-8-4-5-9-17(16)24(28)29/h1-12H,13H2. The summed E-state index contributed by atoms with van der Waals surface area (Å²) in [5, 5.41) is 10.7. The van der Waals surface area contributed by atoms with Crippen molar-refractivity contribution in [2.45, 2.75) is 0 Å². The maximum atomic E-state index is 12.6. The number of thioether (sulfide) groups is 1. The Kier molecular flexibility index (Phi) is 5.50. The molecule has 2 heterocycles. The summed E-state index contributed by atoms with van der Waals surface area (Å²) in [6, 6.07) is 17.6. The number of nitro benzene ring substituents is 1. The molecular weight excluding hydrogens is 420 g/mol. The van der Waals surface area contributed by atoms with E-state index in [1.54, 1.807) is 60.7 Å². The molecule has 0 radical (unpaired) electrons. The summed E-state index contributed by atoms with van der Waals surface area (Å²) in [4.78, 5) is 49.0. The first-order valence-electron chi connectivity index (χ1n) is 9.11. The van der Waals surface area contributed by atoms with E-state index >= 15 is 0 Å². The van der Waals surface area contributed by atoms with Gasteiger partial charge in [-0.3, -0.25) is 29.4 Å². The van der Waals surface area contributed by atoms with E-state index in [-0.39, 0.29) is 34.4 Å². The predicted octanol–water partition coefficient (Wildman–Crippen LogP) is 4.77. The number of furan rings is 1. The molecule has 2 amide bonds. The third kappa shape index (κ3) is 4.17. The number of nitro groups is 1. The second-order valence-corrected chi connectivity index (χ2v) is 7.53. The van der Waals surface area contributed by atoms with Crippen molar-refractivity contribution in [3.05, 3.63) is 93.1 Å². The summed E-state index contributed by atoms with van der Waals surface area (Å²) < 4.78 is 5.65. The Morgan fingerprint density at radius 3 is 2.48 bits per heavy atom. The first-order chi connectivity index (χ1) is 14.9. The number of carbonyl (C=O) groups is 3. The number of benzene rings is 2. The summed E-state index contributed by atoms with van der Waals surface area (Å²) in [6.07, 6.45) is 1.39. The zero-order chi connectivity index (χ0) is 22.0. The van der Waals surface area contributed by atoms with Crippen LogP contribution in [0.4, 0.5) is 10.5 Å². The molecule has 154 valence electrons. The Morgan fingerprint density at radius 1 is 1.03 bits per heavy atom. The number of nitrogens with zero attached hydrogens (tertiary/aromatic N) is 2. The monoisotopic (exact) mass is 434 g/mol. The Balaban J connectivity index is 1.54. The summed E-state index contributed by atoms with van der Waals surface area (Å²) in [7, 11) is 0. The van der Waals surface area contributed by atoms with Crippen LogP contribution in [0, 0.1) is 10.1 Å². The Hall–Kier alpha value is -3.98. The van der Waals surface area contributed by atoms with Gasteiger partial charge in [0.25, 0.3) is 16.8 Å². The van der Waals surface area contributed by atoms with E-state index in [1.807, 2.05) is 0 Å². The minimum absolute atomic E-state index is 0.106. The predicted molar refractivity (Wildman–Crippen MR) is 114 cm³/mol. The zero-order valence-corrected chi connectivity index (χ0v) is 16.7. The highest BCUT2D eigenvalue weighted by atomic mass is 32.2. The minimum atomic E-state index is -0.595. The smallest absolute Gasteiger partial charge is 0.293 e. The first kappa shape index (κ1) is 20.3. The molecule has 0 spiro atoms. The van der Waals surface area contributed by atoms with Gasteiger partial charge in [0.2, 0.25) is 0 Å². The van der Waals surface area contributed by atoms with Gasteiger partial charge < -0.3 is 4.42 Å². The molecule has 1 aliphatic heterocycles. The topological polar surface area (TPSA) is 111 Å². The van der Waals surface area contributed by atoms with Gasteiger partial charge in [0.1, 0.15) is 11.5 Å². The van der Waals surface area contributed by atoms with E-state index in [1.165, 1.54) is 12.1 Å². The van der Waals surface area contributed by atoms with Crippen molar-refractivity contribution < 1.29 is 23.7 Å². The maximum Gasteiger partial charge on any atom is 0.293 e. The van der Waals surface area contributed by atoms with Gasteiger partial charge in [0, 0.05) is 17.7 Å². The fourth-order valence-electron chi connectivity index (χ4n) is 3.04. The first-order valence-corrected chi connectivity index (χ1v) is 9.93. The molecule has 3 aromatic rings. The number of hydrogen-bond donors (Lipinski definition) is 0. The molecule has 4 rings (SSSR count). The van der Waals surface area contributed by atoms with Crippen LogP contribution in [0.1, 0.15) is 16.1 Å². The lowest BCUT2D eigenvalue weighted by Crippen LogP contribution is -2.33. The average molecular weight is 434 g/mol. The quantitative estimate of drug-likeness (QED) is 0.238. The fraction of sp³-hybridized carbons (Fsp3) is 0.0455. The number of Topliss-reactive ketones (excluding diaryl/α,β-unsaturated/α-hetero) is 1. The van der Waals surface area contributed by atoms with Crippen LogP contribution in [-0.2, 0) is 4.79 Å². The van der Waals surface area contributed by atoms with Gasteiger partial charge in [0.15, 0.2) is 5.78 Å². The molecule has 8 nitrogen and oxygen atoms in total. The third-order valence-electron chi connectivity index (χ3n) is 4.54. The summed E-state index contributed by atoms with van der Waals surface area (Å²) in [5.74, 6) is -0.422. The van der Waals surface area contributed by atoms with Crippen LogP contribution in [0.5, 0.6) is 0 Å². The molecule has 1 aromatic heterocycles. The number of ketones is 1. The molecule has 31 heavy (non-hydrogen) atoms. The summed E-state index contributed by atoms with van der Waals surface area (Å²) in [5.41, 5.74) is 0.600. The summed E-state index contributed by atoms with van der Waals surface area (Å²) in [6.45, 7) is -0.356. The number of amides is 2. The number of hydrogen-bond acceptors (Lipinski definition) is 7. The van der Waals surface area contributed by atoms with Gasteiger partial charge in [-0.15, -0.1) is 0 Å². The van der Waals surface area contributed by atoms with E-state index in [0.717, 1.165) is 4.90 Å². The molecule has 9 heteroatoms. The Morgan fingerprint density at radius 2 is 1.74 bits per heavy atom. The molecule has 1 aliphatic rings. The van der Waals surface area contributed by atoms with E-state index in [0.29, 0.717) is 22.9 Å². The normalized spacial score (nSPS) is 15.0. The van der Waals surface area contributed by atoms with Gasteiger partial charge in [-0.05, 0) is 30.0 Å². The van der Waals surface area contributed by atoms with Crippen molar-refractivity contribution in [3.63, 3.8) is 0 Å². The second-order valence-electron chi connectivity index (χ2n) is 6.53. The Labute approximate surface area is 180 Å². The van der Waals surface area contributed by atoms with Crippen LogP contribution in [0.2, 0.25) is 0 Å². The molecule has 0 N–H and O–H groups in total. The minimum Gasteiger partial charge on any atom is -0.456 e. The lowest BCUT2D eigenvalue weighted by atomic mass is 10.1. The molecule has 0 saturated carbocycles. The van der Waals surface area contributed by atoms with Crippen LogP contribution < -0.4 is 0 Å². The molecular formula is C22H14N2O6S. The zero-order valence-electron chi connectivity index (χ0n) is 15.9. The summed E-state index contributed by atoms with van der Waals surface area (Å²) >= 11 is 0.705. The van der Waals surface area contributed by atoms with Crippen LogP contribution >= 0.6 is 11.8 Å². The van der Waals surface area contributed by atoms with Crippen molar-refractivity contribution in [2.75, 3.05) is 6.54 Å². The van der Waals surface area contributed by atoms with Gasteiger partial charge >= 0.3 is 0 Å². The number of rotatable bonds is 6. The van der Waals surface area contributed by atoms with Crippen molar-refractivity contribution in [2.24, 2.45) is 0 Å². The van der Waals surface area contributed by atoms with Gasteiger partial charge in [0.05, 0.1) is 21.9 Å². The number of imide groups is 1. The number of para-hydroxylation sites is 1. The van der Waals surface area contributed by atoms with Gasteiger partial charge in [-0.1, -0.05) is 42.5 Å². The van der Waals surface area contributed by atoms with Crippen LogP contribution in [0.15, 0.2) is 76.1 Å². The molecule has 2 aromatic carbocycles. The van der Waals surface area contributed by atoms with Crippen LogP contribution in [-0.4, -0.2) is 33.3 Å². The lowest BCUT2D eigenvalue weighted by Gasteiger charge is -2.11. The van der Waals surface area contributed by atoms with E-state index in [4.69, 9.17) is 4.42 Å². The molecule has 0 bridgehead atoms. The second kappa shape index (κ2) is 8.41. The molecule has 0 atom stereocenters. The lowest BCUT2D eigenvalue weighted by molar-refractivity contribution is -0.384. The van der Waals surface area contributed by atoms with E-state index < -0.39 is 16.1 Å². The van der Waals surface area contributed by atoms with E-state index in [9.17, 15) is 24.5 Å². The van der Waals surface area contributed by atoms with Crippen molar-refractivity contribution in [1.82, 2.24) is 4.90 Å². The van der Waals surface area contributed by atoms with E-state index in [2.05, 4.69) is 0 Å². The molecule has 0 aliphatic carbocycles. The maximum absolute atomic E-state index is 12.6. The number of carbonyl (C=O) groups excluding carboxylic acids is 3. The molecule has 1 fully saturated rings. The molecule has 0 unspecified atom stereocenters. The highest BCUT2D eigenvalue weighted by Crippen LogP contribution is 2.35. The SMILES string of the molecule is O=C(CN1C(=O)SC(=Cc2ccc(-c3ccccc3[N+](=O)[O-])o2)C1=O)c1ccccc1. The van der Waals surface area contributed by atoms with Crippen molar-refractivity contribution in [3.8, 4) is 11.3 Å². The fourth-order valence-corrected chi connectivity index (χ4v) is 3.86. The van der Waals surface area contributed by atoms with Crippen molar-refractivity contribution in [1.29, 1.82) is 0 Å². The largest absolute Gasteiger partial charge is 0.456 e. The van der Waals surface area contributed by atoms with Gasteiger partial charge in [-0.2, -0.15) is 0 Å². The van der Waals surface area contributed by atoms with Crippen LogP contribution in [0.3, 0.4) is 0 Å². The average Bonchev–Trinajstić information content (AvgIpc) is 3.34. The highest BCUT2D eigenvalue weighted by molar-refractivity contribution is 8.18. The van der Waals surface area contributed by atoms with Crippen molar-refractivity contribution >= 4 is 40.5 Å².